The maximum absolute atomic E-state index is 13.4. The fourth-order valence-corrected chi connectivity index (χ4v) is 7.34. The van der Waals surface area contributed by atoms with Crippen LogP contribution >= 0.6 is 0 Å². The van der Waals surface area contributed by atoms with E-state index >= 15 is 0 Å². The van der Waals surface area contributed by atoms with Crippen molar-refractivity contribution in [3.63, 3.8) is 0 Å². The number of amides is 2. The Bertz CT molecular complexity index is 1150. The van der Waals surface area contributed by atoms with Crippen molar-refractivity contribution < 1.29 is 52.5 Å². The van der Waals surface area contributed by atoms with Gasteiger partial charge in [-0.25, -0.2) is 0 Å². The molecular formula is C45H78N2O11. The van der Waals surface area contributed by atoms with Crippen LogP contribution in [0.5, 0.6) is 0 Å². The molecular weight excluding hydrogens is 744 g/mol. The van der Waals surface area contributed by atoms with Gasteiger partial charge >= 0.3 is 23.9 Å². The van der Waals surface area contributed by atoms with E-state index in [1.807, 2.05) is 0 Å². The van der Waals surface area contributed by atoms with E-state index in [-0.39, 0.29) is 64.3 Å². The number of unbranched alkanes of at least 4 members (excludes halogenated alkanes) is 15. The Kier molecular flexibility index (Phi) is 31.1. The number of rotatable bonds is 36. The van der Waals surface area contributed by atoms with Crippen molar-refractivity contribution in [3.8, 4) is 0 Å². The second kappa shape index (κ2) is 34.4. The first-order valence-corrected chi connectivity index (χ1v) is 22.7. The van der Waals surface area contributed by atoms with E-state index in [0.29, 0.717) is 25.7 Å². The highest BCUT2D eigenvalue weighted by atomic mass is 16.5. The maximum atomic E-state index is 13.4. The number of nitrogens with one attached hydrogen (secondary N) is 1. The van der Waals surface area contributed by atoms with Crippen molar-refractivity contribution in [2.75, 3.05) is 26.4 Å². The zero-order valence-electron chi connectivity index (χ0n) is 36.5. The number of carbonyl (C=O) groups excluding carboxylic acids is 7. The second-order valence-electron chi connectivity index (χ2n) is 16.0. The van der Waals surface area contributed by atoms with E-state index in [2.05, 4.69) is 26.1 Å². The predicted molar refractivity (Wildman–Crippen MR) is 222 cm³/mol. The van der Waals surface area contributed by atoms with Gasteiger partial charge in [0.15, 0.2) is 0 Å². The van der Waals surface area contributed by atoms with Gasteiger partial charge < -0.3 is 34.0 Å². The zero-order valence-corrected chi connectivity index (χ0v) is 36.5. The zero-order chi connectivity index (χ0) is 42.8. The molecule has 58 heavy (non-hydrogen) atoms. The van der Waals surface area contributed by atoms with Crippen molar-refractivity contribution >= 4 is 42.0 Å². The number of ether oxygens (including phenoxy) is 4. The fraction of sp³-hybridized carbons (Fsp3) is 0.844. The maximum Gasteiger partial charge on any atom is 0.306 e. The van der Waals surface area contributed by atoms with Gasteiger partial charge in [-0.1, -0.05) is 117 Å². The first-order chi connectivity index (χ1) is 28.0. The minimum atomic E-state index is -0.669. The third-order valence-corrected chi connectivity index (χ3v) is 10.6. The van der Waals surface area contributed by atoms with Crippen LogP contribution in [-0.2, 0) is 52.5 Å². The lowest BCUT2D eigenvalue weighted by atomic mass is 9.97. The average Bonchev–Trinajstić information content (AvgIpc) is 3.58. The summed E-state index contributed by atoms with van der Waals surface area (Å²) in [5, 5.41) is 2.89. The smallest absolute Gasteiger partial charge is 0.306 e. The molecule has 13 nitrogen and oxygen atoms in total. The highest BCUT2D eigenvalue weighted by molar-refractivity contribution is 5.81. The molecule has 3 unspecified atom stereocenters. The summed E-state index contributed by atoms with van der Waals surface area (Å²) in [5.41, 5.74) is 0. The SMILES string of the molecule is CCCCCCCCOC(=O)CC(CC=O)CC(=O)OCC1CCC(NC(=O)CC(CC(=O)OCCCCCCCC)CC(=O)OCCCCCCCC)N1C(C)=O. The van der Waals surface area contributed by atoms with Crippen LogP contribution in [0.2, 0.25) is 0 Å². The van der Waals surface area contributed by atoms with Crippen LogP contribution in [0.15, 0.2) is 0 Å². The molecule has 0 saturated carbocycles. The predicted octanol–water partition coefficient (Wildman–Crippen LogP) is 8.47. The molecule has 0 aliphatic carbocycles. The summed E-state index contributed by atoms with van der Waals surface area (Å²) in [4.78, 5) is 89.8. The third-order valence-electron chi connectivity index (χ3n) is 10.6. The summed E-state index contributed by atoms with van der Waals surface area (Å²) in [6.07, 6.45) is 19.2. The van der Waals surface area contributed by atoms with Crippen molar-refractivity contribution in [3.05, 3.63) is 0 Å². The summed E-state index contributed by atoms with van der Waals surface area (Å²) in [5.74, 6) is -3.94. The molecule has 0 aromatic rings. The van der Waals surface area contributed by atoms with Crippen molar-refractivity contribution in [1.29, 1.82) is 0 Å². The van der Waals surface area contributed by atoms with Gasteiger partial charge in [-0.3, -0.25) is 28.8 Å². The topological polar surface area (TPSA) is 172 Å². The van der Waals surface area contributed by atoms with Crippen LogP contribution in [0, 0.1) is 11.8 Å². The molecule has 13 heteroatoms. The Morgan fingerprint density at radius 2 is 0.948 bits per heavy atom. The van der Waals surface area contributed by atoms with Crippen molar-refractivity contribution in [2.45, 2.75) is 207 Å². The van der Waals surface area contributed by atoms with Gasteiger partial charge in [-0.2, -0.15) is 0 Å². The fourth-order valence-electron chi connectivity index (χ4n) is 7.34. The molecule has 1 fully saturated rings. The lowest BCUT2D eigenvalue weighted by Gasteiger charge is -2.30. The van der Waals surface area contributed by atoms with Gasteiger partial charge in [0.05, 0.1) is 25.9 Å². The van der Waals surface area contributed by atoms with Gasteiger partial charge in [0, 0.05) is 45.4 Å². The molecule has 0 aromatic carbocycles. The molecule has 0 bridgehead atoms. The first-order valence-electron chi connectivity index (χ1n) is 22.7. The number of carbonyl (C=O) groups is 7. The molecule has 0 spiro atoms. The Hall–Kier alpha value is -3.51. The molecule has 1 aliphatic rings. The first kappa shape index (κ1) is 52.5. The van der Waals surface area contributed by atoms with Crippen molar-refractivity contribution in [1.82, 2.24) is 10.2 Å². The molecule has 0 aromatic heterocycles. The minimum Gasteiger partial charge on any atom is -0.466 e. The van der Waals surface area contributed by atoms with Gasteiger partial charge in [0.1, 0.15) is 19.1 Å². The minimum absolute atomic E-state index is 0.00696. The normalized spacial score (nSPS) is 15.5. The van der Waals surface area contributed by atoms with E-state index in [9.17, 15) is 33.6 Å². The summed E-state index contributed by atoms with van der Waals surface area (Å²) in [7, 11) is 0. The lowest BCUT2D eigenvalue weighted by Crippen LogP contribution is -2.50. The van der Waals surface area contributed by atoms with Gasteiger partial charge in [-0.15, -0.1) is 0 Å². The highest BCUT2D eigenvalue weighted by Gasteiger charge is 2.37. The van der Waals surface area contributed by atoms with E-state index < -0.39 is 53.8 Å². The largest absolute Gasteiger partial charge is 0.466 e. The summed E-state index contributed by atoms with van der Waals surface area (Å²) < 4.78 is 21.8. The molecule has 1 aliphatic heterocycles. The molecule has 1 N–H and O–H groups in total. The van der Waals surface area contributed by atoms with E-state index in [1.54, 1.807) is 0 Å². The van der Waals surface area contributed by atoms with Gasteiger partial charge in [-0.05, 0) is 43.9 Å². The van der Waals surface area contributed by atoms with Crippen LogP contribution in [0.3, 0.4) is 0 Å². The lowest BCUT2D eigenvalue weighted by molar-refractivity contribution is -0.151. The van der Waals surface area contributed by atoms with E-state index in [4.69, 9.17) is 18.9 Å². The van der Waals surface area contributed by atoms with E-state index in [1.165, 1.54) is 31.1 Å². The Morgan fingerprint density at radius 3 is 1.36 bits per heavy atom. The molecule has 334 valence electrons. The van der Waals surface area contributed by atoms with Crippen LogP contribution in [0.4, 0.5) is 0 Å². The standard InChI is InChI=1S/C45H78N2O11/c1-5-8-11-14-17-20-27-55-42(51)31-37(25-26-48)32-45(54)58-35-39-23-24-40(47(39)36(4)49)46-41(50)30-38(33-43(52)56-28-21-18-15-12-9-6-2)34-44(53)57-29-22-19-16-13-10-7-3/h26,37-40H,5-25,27-35H2,1-4H3,(H,46,50). The Balaban J connectivity index is 2.71. The summed E-state index contributed by atoms with van der Waals surface area (Å²) in [6.45, 7) is 8.61. The van der Waals surface area contributed by atoms with Crippen molar-refractivity contribution in [2.24, 2.45) is 11.8 Å². The summed E-state index contributed by atoms with van der Waals surface area (Å²) >= 11 is 0. The molecule has 0 radical (unpaired) electrons. The number of aldehydes is 1. The second-order valence-corrected chi connectivity index (χ2v) is 16.0. The Labute approximate surface area is 349 Å². The monoisotopic (exact) mass is 823 g/mol. The highest BCUT2D eigenvalue weighted by Crippen LogP contribution is 2.25. The van der Waals surface area contributed by atoms with Crippen LogP contribution < -0.4 is 5.32 Å². The quantitative estimate of drug-likeness (QED) is 0.0278. The number of hydrogen-bond donors (Lipinski definition) is 1. The molecule has 1 saturated heterocycles. The summed E-state index contributed by atoms with van der Waals surface area (Å²) in [6, 6.07) is -0.497. The Morgan fingerprint density at radius 1 is 0.552 bits per heavy atom. The molecule has 1 heterocycles. The molecule has 2 amide bonds. The van der Waals surface area contributed by atoms with Gasteiger partial charge in [0.2, 0.25) is 11.8 Å². The van der Waals surface area contributed by atoms with Crippen LogP contribution in [0.1, 0.15) is 195 Å². The number of nitrogens with zero attached hydrogens (tertiary/aromatic N) is 1. The van der Waals surface area contributed by atoms with E-state index in [0.717, 1.165) is 96.3 Å². The number of hydrogen-bond acceptors (Lipinski definition) is 11. The number of likely N-dealkylation sites (tertiary alicyclic amines) is 1. The van der Waals surface area contributed by atoms with Gasteiger partial charge in [0.25, 0.3) is 0 Å². The molecule has 1 rings (SSSR count). The average molecular weight is 823 g/mol. The molecule has 3 atom stereocenters. The number of esters is 4. The third kappa shape index (κ3) is 26.5. The van der Waals surface area contributed by atoms with Crippen LogP contribution in [-0.4, -0.2) is 85.5 Å². The van der Waals surface area contributed by atoms with Crippen LogP contribution in [0.25, 0.3) is 0 Å².